The SMILES string of the molecule is CNC1CCCN(S(=O)(=O)c2cc(Br)cc([N+](=O)[O-])c2)C1. The number of nitrogens with one attached hydrogen (secondary N) is 1. The molecule has 1 atom stereocenters. The van der Waals surface area contributed by atoms with E-state index in [0.29, 0.717) is 17.6 Å². The molecular formula is C12H16BrN3O4S. The second-order valence-electron chi connectivity index (χ2n) is 4.89. The first-order valence-corrected chi connectivity index (χ1v) is 8.70. The average molecular weight is 378 g/mol. The number of piperidine rings is 1. The lowest BCUT2D eigenvalue weighted by Gasteiger charge is -2.31. The van der Waals surface area contributed by atoms with E-state index >= 15 is 0 Å². The molecule has 0 bridgehead atoms. The number of hydrogen-bond donors (Lipinski definition) is 1. The van der Waals surface area contributed by atoms with Gasteiger partial charge in [-0.2, -0.15) is 4.31 Å². The maximum atomic E-state index is 12.6. The second-order valence-corrected chi connectivity index (χ2v) is 7.75. The van der Waals surface area contributed by atoms with E-state index in [-0.39, 0.29) is 16.6 Å². The van der Waals surface area contributed by atoms with Crippen LogP contribution >= 0.6 is 15.9 Å². The number of benzene rings is 1. The highest BCUT2D eigenvalue weighted by Gasteiger charge is 2.30. The summed E-state index contributed by atoms with van der Waals surface area (Å²) >= 11 is 3.12. The lowest BCUT2D eigenvalue weighted by Crippen LogP contribution is -2.46. The maximum absolute atomic E-state index is 12.6. The van der Waals surface area contributed by atoms with E-state index in [1.165, 1.54) is 16.4 Å². The summed E-state index contributed by atoms with van der Waals surface area (Å²) in [6.45, 7) is 0.806. The van der Waals surface area contributed by atoms with E-state index < -0.39 is 14.9 Å². The first kappa shape index (κ1) is 16.3. The quantitative estimate of drug-likeness (QED) is 0.636. The molecule has 0 aliphatic carbocycles. The van der Waals surface area contributed by atoms with Crippen LogP contribution in [0.25, 0.3) is 0 Å². The molecule has 0 spiro atoms. The molecule has 1 aromatic carbocycles. The normalized spacial score (nSPS) is 20.4. The summed E-state index contributed by atoms with van der Waals surface area (Å²) in [7, 11) is -1.93. The van der Waals surface area contributed by atoms with E-state index in [9.17, 15) is 18.5 Å². The van der Waals surface area contributed by atoms with Gasteiger partial charge in [-0.25, -0.2) is 8.42 Å². The Hall–Kier alpha value is -1.03. The zero-order chi connectivity index (χ0) is 15.6. The first-order valence-electron chi connectivity index (χ1n) is 6.47. The van der Waals surface area contributed by atoms with Crippen molar-refractivity contribution in [2.45, 2.75) is 23.8 Å². The van der Waals surface area contributed by atoms with Gasteiger partial charge in [-0.3, -0.25) is 10.1 Å². The van der Waals surface area contributed by atoms with Crippen molar-refractivity contribution in [3.63, 3.8) is 0 Å². The van der Waals surface area contributed by atoms with Crippen LogP contribution in [0.15, 0.2) is 27.6 Å². The molecule has 2 rings (SSSR count). The molecule has 116 valence electrons. The molecule has 9 heteroatoms. The lowest BCUT2D eigenvalue weighted by atomic mass is 10.1. The summed E-state index contributed by atoms with van der Waals surface area (Å²) < 4.78 is 27.0. The van der Waals surface area contributed by atoms with Crippen molar-refractivity contribution in [1.82, 2.24) is 9.62 Å². The van der Waals surface area contributed by atoms with Gasteiger partial charge in [-0.05, 0) is 26.0 Å². The van der Waals surface area contributed by atoms with Crippen molar-refractivity contribution in [1.29, 1.82) is 0 Å². The maximum Gasteiger partial charge on any atom is 0.271 e. The van der Waals surface area contributed by atoms with Gasteiger partial charge in [0, 0.05) is 35.7 Å². The Morgan fingerprint density at radius 2 is 2.14 bits per heavy atom. The fraction of sp³-hybridized carbons (Fsp3) is 0.500. The smallest absolute Gasteiger partial charge is 0.271 e. The third-order valence-corrected chi connectivity index (χ3v) is 5.80. The predicted octanol–water partition coefficient (Wildman–Crippen LogP) is 1.73. The van der Waals surface area contributed by atoms with Crippen molar-refractivity contribution in [2.24, 2.45) is 0 Å². The van der Waals surface area contributed by atoms with E-state index in [1.54, 1.807) is 7.05 Å². The Labute approximate surface area is 131 Å². The topological polar surface area (TPSA) is 92.6 Å². The number of nitro groups is 1. The Balaban J connectivity index is 2.37. The van der Waals surface area contributed by atoms with Gasteiger partial charge in [0.15, 0.2) is 0 Å². The van der Waals surface area contributed by atoms with Gasteiger partial charge in [0.05, 0.1) is 9.82 Å². The van der Waals surface area contributed by atoms with Gasteiger partial charge in [0.25, 0.3) is 5.69 Å². The van der Waals surface area contributed by atoms with E-state index in [2.05, 4.69) is 21.2 Å². The third-order valence-electron chi connectivity index (χ3n) is 3.50. The van der Waals surface area contributed by atoms with Crippen molar-refractivity contribution >= 4 is 31.6 Å². The van der Waals surface area contributed by atoms with Gasteiger partial charge in [-0.15, -0.1) is 0 Å². The third kappa shape index (κ3) is 3.60. The van der Waals surface area contributed by atoms with Crippen molar-refractivity contribution < 1.29 is 13.3 Å². The second kappa shape index (κ2) is 6.39. The highest BCUT2D eigenvalue weighted by molar-refractivity contribution is 9.10. The van der Waals surface area contributed by atoms with Crippen LogP contribution in [0.2, 0.25) is 0 Å². The predicted molar refractivity (Wildman–Crippen MR) is 81.6 cm³/mol. The standard InChI is InChI=1S/C12H16BrN3O4S/c1-14-10-3-2-4-15(8-10)21(19,20)12-6-9(13)5-11(7-12)16(17)18/h5-7,10,14H,2-4,8H2,1H3. The number of nitro benzene ring substituents is 1. The molecule has 1 aliphatic heterocycles. The highest BCUT2D eigenvalue weighted by atomic mass is 79.9. The average Bonchev–Trinajstić information content (AvgIpc) is 2.46. The Kier molecular flexibility index (Phi) is 4.97. The molecule has 1 aliphatic rings. The van der Waals surface area contributed by atoms with Crippen LogP contribution in [0.1, 0.15) is 12.8 Å². The molecule has 0 saturated carbocycles. The number of rotatable bonds is 4. The molecule has 0 aromatic heterocycles. The van der Waals surface area contributed by atoms with E-state index in [4.69, 9.17) is 0 Å². The number of nitrogens with zero attached hydrogens (tertiary/aromatic N) is 2. The Morgan fingerprint density at radius 3 is 2.76 bits per heavy atom. The fourth-order valence-corrected chi connectivity index (χ4v) is 4.57. The highest BCUT2D eigenvalue weighted by Crippen LogP contribution is 2.27. The van der Waals surface area contributed by atoms with Crippen LogP contribution in [-0.2, 0) is 10.0 Å². The van der Waals surface area contributed by atoms with Gasteiger partial charge < -0.3 is 5.32 Å². The number of non-ortho nitro benzene ring substituents is 1. The number of likely N-dealkylation sites (N-methyl/N-ethyl adjacent to an activating group) is 1. The minimum atomic E-state index is -3.72. The number of sulfonamides is 1. The van der Waals surface area contributed by atoms with Crippen molar-refractivity contribution in [3.8, 4) is 0 Å². The molecule has 0 radical (unpaired) electrons. The molecular weight excluding hydrogens is 362 g/mol. The van der Waals surface area contributed by atoms with Crippen LogP contribution in [0.5, 0.6) is 0 Å². The summed E-state index contributed by atoms with van der Waals surface area (Å²) in [6, 6.07) is 3.88. The summed E-state index contributed by atoms with van der Waals surface area (Å²) in [6.07, 6.45) is 1.68. The van der Waals surface area contributed by atoms with E-state index in [1.807, 2.05) is 0 Å². The van der Waals surface area contributed by atoms with Gasteiger partial charge in [0.2, 0.25) is 10.0 Å². The zero-order valence-electron chi connectivity index (χ0n) is 11.5. The lowest BCUT2D eigenvalue weighted by molar-refractivity contribution is -0.385. The summed E-state index contributed by atoms with van der Waals surface area (Å²) in [5.41, 5.74) is -0.245. The molecule has 1 heterocycles. The fourth-order valence-electron chi connectivity index (χ4n) is 2.35. The molecule has 1 aromatic rings. The molecule has 7 nitrogen and oxygen atoms in total. The largest absolute Gasteiger partial charge is 0.316 e. The Bertz CT molecular complexity index is 650. The minimum absolute atomic E-state index is 0.0553. The van der Waals surface area contributed by atoms with Crippen LogP contribution in [-0.4, -0.2) is 43.8 Å². The first-order chi connectivity index (χ1) is 9.84. The van der Waals surface area contributed by atoms with Gasteiger partial charge in [0.1, 0.15) is 0 Å². The molecule has 0 amide bonds. The van der Waals surface area contributed by atoms with E-state index in [0.717, 1.165) is 18.9 Å². The van der Waals surface area contributed by atoms with Crippen LogP contribution in [0.3, 0.4) is 0 Å². The molecule has 1 unspecified atom stereocenters. The van der Waals surface area contributed by atoms with Crippen LogP contribution in [0.4, 0.5) is 5.69 Å². The number of hydrogen-bond acceptors (Lipinski definition) is 5. The number of halogens is 1. The van der Waals surface area contributed by atoms with Crippen LogP contribution in [0, 0.1) is 10.1 Å². The zero-order valence-corrected chi connectivity index (χ0v) is 13.9. The summed E-state index contributed by atoms with van der Waals surface area (Å²) in [5, 5.41) is 13.9. The summed E-state index contributed by atoms with van der Waals surface area (Å²) in [4.78, 5) is 10.2. The molecule has 1 N–H and O–H groups in total. The molecule has 1 fully saturated rings. The molecule has 1 saturated heterocycles. The van der Waals surface area contributed by atoms with Crippen molar-refractivity contribution in [3.05, 3.63) is 32.8 Å². The van der Waals surface area contributed by atoms with Gasteiger partial charge in [-0.1, -0.05) is 15.9 Å². The van der Waals surface area contributed by atoms with Crippen LogP contribution < -0.4 is 5.32 Å². The minimum Gasteiger partial charge on any atom is -0.316 e. The van der Waals surface area contributed by atoms with Gasteiger partial charge >= 0.3 is 0 Å². The van der Waals surface area contributed by atoms with Crippen molar-refractivity contribution in [2.75, 3.05) is 20.1 Å². The summed E-state index contributed by atoms with van der Waals surface area (Å²) in [5.74, 6) is 0. The Morgan fingerprint density at radius 1 is 1.43 bits per heavy atom. The molecule has 21 heavy (non-hydrogen) atoms. The monoisotopic (exact) mass is 377 g/mol.